The molecule has 0 aromatic rings. The van der Waals surface area contributed by atoms with Gasteiger partial charge in [0.1, 0.15) is 13.2 Å². The van der Waals surface area contributed by atoms with E-state index in [4.69, 9.17) is 14.2 Å². The number of rotatable bonds is 60. The number of allylic oxidation sites excluding steroid dienone is 6. The summed E-state index contributed by atoms with van der Waals surface area (Å²) in [7, 11) is 0. The molecule has 0 aliphatic rings. The fraction of sp³-hybridized carbons (Fsp3) is 0.866. The molecule has 0 N–H and O–H groups in total. The van der Waals surface area contributed by atoms with E-state index in [0.29, 0.717) is 19.3 Å². The molecule has 0 saturated heterocycles. The van der Waals surface area contributed by atoms with Crippen molar-refractivity contribution in [3.05, 3.63) is 36.5 Å². The van der Waals surface area contributed by atoms with Gasteiger partial charge in [-0.2, -0.15) is 0 Å². The predicted molar refractivity (Wildman–Crippen MR) is 316 cm³/mol. The predicted octanol–water partition coefficient (Wildman–Crippen LogP) is 22.0. The highest BCUT2D eigenvalue weighted by Crippen LogP contribution is 2.18. The van der Waals surface area contributed by atoms with Gasteiger partial charge in [0.05, 0.1) is 0 Å². The minimum Gasteiger partial charge on any atom is -0.462 e. The van der Waals surface area contributed by atoms with Crippen LogP contribution in [-0.2, 0) is 28.6 Å². The maximum absolute atomic E-state index is 12.9. The number of carbonyl (C=O) groups excluding carboxylic acids is 3. The summed E-state index contributed by atoms with van der Waals surface area (Å²) in [5, 5.41) is 0. The minimum atomic E-state index is -0.780. The molecule has 0 aromatic carbocycles. The van der Waals surface area contributed by atoms with Crippen LogP contribution >= 0.6 is 0 Å². The Kier molecular flexibility index (Phi) is 60.2. The van der Waals surface area contributed by atoms with Crippen molar-refractivity contribution >= 4 is 17.9 Å². The van der Waals surface area contributed by atoms with E-state index in [1.54, 1.807) is 0 Å². The summed E-state index contributed by atoms with van der Waals surface area (Å²) in [6.45, 7) is 6.64. The molecule has 0 fully saturated rings. The Bertz CT molecular complexity index is 1220. The summed E-state index contributed by atoms with van der Waals surface area (Å²) in [5.41, 5.74) is 0. The molecule has 0 heterocycles. The van der Waals surface area contributed by atoms with Gasteiger partial charge in [-0.1, -0.05) is 301 Å². The second kappa shape index (κ2) is 62.2. The molecule has 6 nitrogen and oxygen atoms in total. The zero-order chi connectivity index (χ0) is 52.9. The molecule has 0 aliphatic heterocycles. The van der Waals surface area contributed by atoms with Crippen LogP contribution in [0.5, 0.6) is 0 Å². The monoisotopic (exact) mass is 1020 g/mol. The molecule has 6 heteroatoms. The van der Waals surface area contributed by atoms with E-state index < -0.39 is 6.10 Å². The van der Waals surface area contributed by atoms with Crippen molar-refractivity contribution in [2.75, 3.05) is 13.2 Å². The molecule has 0 aliphatic carbocycles. The van der Waals surface area contributed by atoms with Crippen molar-refractivity contribution in [3.63, 3.8) is 0 Å². The average Bonchev–Trinajstić information content (AvgIpc) is 3.39. The highest BCUT2D eigenvalue weighted by molar-refractivity contribution is 5.71. The van der Waals surface area contributed by atoms with E-state index >= 15 is 0 Å². The van der Waals surface area contributed by atoms with Gasteiger partial charge in [0, 0.05) is 19.3 Å². The Balaban J connectivity index is 4.25. The van der Waals surface area contributed by atoms with Crippen LogP contribution in [0.15, 0.2) is 36.5 Å². The van der Waals surface area contributed by atoms with Gasteiger partial charge in [-0.15, -0.1) is 0 Å². The van der Waals surface area contributed by atoms with Crippen molar-refractivity contribution < 1.29 is 28.6 Å². The molecule has 428 valence electrons. The SMILES string of the molecule is CCCC/C=C\C/C=C\CCCCCCCC(=O)OCC(COC(=O)CCCCCCCCCCCCCCCCCCCCCCCCCCC)OC(=O)CCCCCCC/C=C\CCCCCCCCC. The smallest absolute Gasteiger partial charge is 0.306 e. The Morgan fingerprint density at radius 1 is 0.274 bits per heavy atom. The summed E-state index contributed by atoms with van der Waals surface area (Å²) in [4.78, 5) is 38.3. The van der Waals surface area contributed by atoms with Gasteiger partial charge in [-0.05, 0) is 70.6 Å². The zero-order valence-electron chi connectivity index (χ0n) is 49.2. The van der Waals surface area contributed by atoms with Gasteiger partial charge in [-0.25, -0.2) is 0 Å². The maximum Gasteiger partial charge on any atom is 0.306 e. The fourth-order valence-electron chi connectivity index (χ4n) is 9.69. The van der Waals surface area contributed by atoms with Crippen LogP contribution in [0.4, 0.5) is 0 Å². The summed E-state index contributed by atoms with van der Waals surface area (Å²) in [6, 6.07) is 0. The van der Waals surface area contributed by atoms with Crippen LogP contribution in [0.1, 0.15) is 355 Å². The van der Waals surface area contributed by atoms with Crippen LogP contribution < -0.4 is 0 Å². The number of ether oxygens (including phenoxy) is 3. The Hall–Kier alpha value is -2.37. The molecule has 0 spiro atoms. The quantitative estimate of drug-likeness (QED) is 0.0261. The molecular weight excluding hydrogens is 901 g/mol. The van der Waals surface area contributed by atoms with Crippen molar-refractivity contribution in [2.45, 2.75) is 361 Å². The third-order valence-corrected chi connectivity index (χ3v) is 14.6. The van der Waals surface area contributed by atoms with Crippen LogP contribution in [0.2, 0.25) is 0 Å². The van der Waals surface area contributed by atoms with Gasteiger partial charge in [0.15, 0.2) is 6.10 Å². The molecular formula is C67H124O6. The van der Waals surface area contributed by atoms with Crippen molar-refractivity contribution in [1.82, 2.24) is 0 Å². The highest BCUT2D eigenvalue weighted by atomic mass is 16.6. The lowest BCUT2D eigenvalue weighted by Crippen LogP contribution is -2.30. The third-order valence-electron chi connectivity index (χ3n) is 14.6. The normalized spacial score (nSPS) is 12.2. The highest BCUT2D eigenvalue weighted by Gasteiger charge is 2.19. The zero-order valence-corrected chi connectivity index (χ0v) is 49.2. The van der Waals surface area contributed by atoms with Crippen molar-refractivity contribution in [1.29, 1.82) is 0 Å². The third kappa shape index (κ3) is 60.4. The van der Waals surface area contributed by atoms with Crippen molar-refractivity contribution in [3.8, 4) is 0 Å². The Labute approximate surface area is 455 Å². The first-order chi connectivity index (χ1) is 36.0. The number of hydrogen-bond donors (Lipinski definition) is 0. The van der Waals surface area contributed by atoms with Crippen LogP contribution in [0, 0.1) is 0 Å². The van der Waals surface area contributed by atoms with Crippen LogP contribution in [0.3, 0.4) is 0 Å². The molecule has 0 aromatic heterocycles. The second-order valence-corrected chi connectivity index (χ2v) is 22.0. The number of carbonyl (C=O) groups is 3. The van der Waals surface area contributed by atoms with Crippen LogP contribution in [-0.4, -0.2) is 37.2 Å². The first-order valence-electron chi connectivity index (χ1n) is 32.5. The Morgan fingerprint density at radius 2 is 0.507 bits per heavy atom. The molecule has 0 amide bonds. The molecule has 0 radical (unpaired) electrons. The topological polar surface area (TPSA) is 78.9 Å². The van der Waals surface area contributed by atoms with Gasteiger partial charge < -0.3 is 14.2 Å². The number of unbranched alkanes of at least 4 members (excludes halogenated alkanes) is 43. The molecule has 73 heavy (non-hydrogen) atoms. The van der Waals surface area contributed by atoms with E-state index in [1.807, 2.05) is 0 Å². The van der Waals surface area contributed by atoms with Crippen LogP contribution in [0.25, 0.3) is 0 Å². The largest absolute Gasteiger partial charge is 0.462 e. The summed E-state index contributed by atoms with van der Waals surface area (Å²) in [5.74, 6) is -0.877. The average molecular weight is 1030 g/mol. The van der Waals surface area contributed by atoms with E-state index in [1.165, 1.54) is 231 Å². The molecule has 0 bridgehead atoms. The van der Waals surface area contributed by atoms with Gasteiger partial charge in [-0.3, -0.25) is 14.4 Å². The maximum atomic E-state index is 12.9. The summed E-state index contributed by atoms with van der Waals surface area (Å²) in [6.07, 6.45) is 75.9. The Morgan fingerprint density at radius 3 is 0.808 bits per heavy atom. The lowest BCUT2D eigenvalue weighted by Gasteiger charge is -2.18. The van der Waals surface area contributed by atoms with E-state index in [-0.39, 0.29) is 31.1 Å². The molecule has 0 rings (SSSR count). The summed E-state index contributed by atoms with van der Waals surface area (Å²) >= 11 is 0. The number of hydrogen-bond acceptors (Lipinski definition) is 6. The minimum absolute atomic E-state index is 0.0760. The van der Waals surface area contributed by atoms with Gasteiger partial charge in [0.25, 0.3) is 0 Å². The standard InChI is InChI=1S/C67H124O6/c1-4-7-10-13-16-19-22-25-28-30-31-32-33-34-35-36-37-38-40-42-45-48-51-54-57-60-66(69)72-63-64(62-71-65(68)59-56-53-50-47-44-41-27-24-21-18-15-12-9-6-3)73-67(70)61-58-55-52-49-46-43-39-29-26-23-20-17-14-11-8-5-2/h15,18,24,27,29,39,64H,4-14,16-17,19-23,25-26,28,30-38,40-63H2,1-3H3/b18-15-,27-24-,39-29-. The van der Waals surface area contributed by atoms with Crippen molar-refractivity contribution in [2.24, 2.45) is 0 Å². The van der Waals surface area contributed by atoms with E-state index in [2.05, 4.69) is 57.2 Å². The second-order valence-electron chi connectivity index (χ2n) is 22.0. The lowest BCUT2D eigenvalue weighted by molar-refractivity contribution is -0.167. The molecule has 0 saturated carbocycles. The van der Waals surface area contributed by atoms with Gasteiger partial charge in [0.2, 0.25) is 0 Å². The lowest BCUT2D eigenvalue weighted by atomic mass is 10.0. The molecule has 1 unspecified atom stereocenters. The van der Waals surface area contributed by atoms with E-state index in [0.717, 1.165) is 83.5 Å². The first-order valence-corrected chi connectivity index (χ1v) is 32.5. The fourth-order valence-corrected chi connectivity index (χ4v) is 9.69. The summed E-state index contributed by atoms with van der Waals surface area (Å²) < 4.78 is 16.9. The van der Waals surface area contributed by atoms with E-state index in [9.17, 15) is 14.4 Å². The van der Waals surface area contributed by atoms with Gasteiger partial charge >= 0.3 is 17.9 Å². The molecule has 1 atom stereocenters. The first kappa shape index (κ1) is 70.6. The number of esters is 3.